The van der Waals surface area contributed by atoms with Gasteiger partial charge in [-0.05, 0) is 36.8 Å². The quantitative estimate of drug-likeness (QED) is 0.441. The van der Waals surface area contributed by atoms with Gasteiger partial charge in [0.25, 0.3) is 0 Å². The molecule has 1 nitrogen and oxygen atoms in total. The highest BCUT2D eigenvalue weighted by molar-refractivity contribution is 7.25. The summed E-state index contributed by atoms with van der Waals surface area (Å²) in [7, 11) is 2.10. The lowest BCUT2D eigenvalue weighted by Crippen LogP contribution is -2.30. The Hall–Kier alpha value is -2.19. The zero-order chi connectivity index (χ0) is 14.4. The van der Waals surface area contributed by atoms with E-state index in [9.17, 15) is 0 Å². The molecule has 2 aromatic carbocycles. The molecule has 0 N–H and O–H groups in total. The van der Waals surface area contributed by atoms with Crippen molar-refractivity contribution in [3.05, 3.63) is 66.4 Å². The summed E-state index contributed by atoms with van der Waals surface area (Å²) in [6.45, 7) is 2.24. The highest BCUT2D eigenvalue weighted by Crippen LogP contribution is 2.38. The van der Waals surface area contributed by atoms with Crippen molar-refractivity contribution in [2.45, 2.75) is 6.92 Å². The van der Waals surface area contributed by atoms with E-state index in [1.54, 1.807) is 0 Å². The zero-order valence-corrected chi connectivity index (χ0v) is 12.9. The van der Waals surface area contributed by atoms with Gasteiger partial charge < -0.3 is 0 Å². The minimum absolute atomic E-state index is 1.26. The van der Waals surface area contributed by atoms with Crippen molar-refractivity contribution in [2.24, 2.45) is 7.05 Å². The Balaban J connectivity index is 2.11. The van der Waals surface area contributed by atoms with Gasteiger partial charge in [-0.3, -0.25) is 0 Å². The van der Waals surface area contributed by atoms with Crippen LogP contribution in [-0.2, 0) is 7.05 Å². The third kappa shape index (κ3) is 1.87. The summed E-state index contributed by atoms with van der Waals surface area (Å²) in [5, 5.41) is 2.77. The fourth-order valence-corrected chi connectivity index (χ4v) is 4.23. The third-order valence-electron chi connectivity index (χ3n) is 4.13. The highest BCUT2D eigenvalue weighted by Gasteiger charge is 2.15. The topological polar surface area (TPSA) is 3.88 Å². The Kier molecular flexibility index (Phi) is 2.79. The molecule has 0 saturated carbocycles. The first-order valence-electron chi connectivity index (χ1n) is 7.11. The van der Waals surface area contributed by atoms with E-state index in [4.69, 9.17) is 0 Å². The van der Waals surface area contributed by atoms with E-state index in [0.29, 0.717) is 0 Å². The Labute approximate surface area is 128 Å². The van der Waals surface area contributed by atoms with Gasteiger partial charge in [-0.25, -0.2) is 4.57 Å². The molecule has 0 amide bonds. The molecule has 0 aliphatic rings. The summed E-state index contributed by atoms with van der Waals surface area (Å²) in [6, 6.07) is 19.5. The second-order valence-corrected chi connectivity index (χ2v) is 6.49. The van der Waals surface area contributed by atoms with Gasteiger partial charge in [0, 0.05) is 37.9 Å². The van der Waals surface area contributed by atoms with Crippen molar-refractivity contribution in [3.63, 3.8) is 0 Å². The summed E-state index contributed by atoms with van der Waals surface area (Å²) in [4.78, 5) is 0. The molecule has 0 saturated heterocycles. The maximum atomic E-state index is 2.26. The fraction of sp³-hybridized carbons (Fsp3) is 0.105. The molecule has 2 aromatic heterocycles. The summed E-state index contributed by atoms with van der Waals surface area (Å²) < 4.78 is 4.92. The van der Waals surface area contributed by atoms with Crippen LogP contribution in [0, 0.1) is 6.92 Å². The molecule has 102 valence electrons. The molecule has 0 unspecified atom stereocenters. The number of aromatic nitrogens is 1. The highest BCUT2D eigenvalue weighted by atomic mass is 32.1. The van der Waals surface area contributed by atoms with Crippen molar-refractivity contribution in [1.82, 2.24) is 0 Å². The van der Waals surface area contributed by atoms with Gasteiger partial charge >= 0.3 is 0 Å². The van der Waals surface area contributed by atoms with Crippen LogP contribution in [-0.4, -0.2) is 0 Å². The minimum Gasteiger partial charge on any atom is -0.201 e. The number of thiophene rings is 1. The average molecular weight is 290 g/mol. The Morgan fingerprint density at radius 2 is 1.67 bits per heavy atom. The predicted octanol–water partition coefficient (Wildman–Crippen LogP) is 4.85. The molecular formula is C19H16NS+. The third-order valence-corrected chi connectivity index (χ3v) is 5.27. The van der Waals surface area contributed by atoms with Gasteiger partial charge in [-0.1, -0.05) is 18.2 Å². The van der Waals surface area contributed by atoms with Gasteiger partial charge in [0.2, 0.25) is 5.69 Å². The summed E-state index contributed by atoms with van der Waals surface area (Å²) in [6.07, 6.45) is 2.10. The molecule has 0 fully saturated rings. The number of benzene rings is 2. The summed E-state index contributed by atoms with van der Waals surface area (Å²) in [5.41, 5.74) is 3.94. The van der Waals surface area contributed by atoms with Crippen molar-refractivity contribution >= 4 is 31.5 Å². The van der Waals surface area contributed by atoms with Crippen LogP contribution in [0.2, 0.25) is 0 Å². The lowest BCUT2D eigenvalue weighted by Gasteiger charge is -2.06. The van der Waals surface area contributed by atoms with Crippen molar-refractivity contribution in [3.8, 4) is 11.3 Å². The Bertz CT molecular complexity index is 966. The number of rotatable bonds is 1. The number of pyridine rings is 1. The second-order valence-electron chi connectivity index (χ2n) is 5.41. The zero-order valence-electron chi connectivity index (χ0n) is 12.1. The molecule has 0 radical (unpaired) electrons. The van der Waals surface area contributed by atoms with Crippen molar-refractivity contribution in [1.29, 1.82) is 0 Å². The average Bonchev–Trinajstić information content (AvgIpc) is 2.88. The lowest BCUT2D eigenvalue weighted by atomic mass is 9.99. The molecule has 0 spiro atoms. The van der Waals surface area contributed by atoms with E-state index < -0.39 is 0 Å². The minimum atomic E-state index is 1.26. The van der Waals surface area contributed by atoms with E-state index in [-0.39, 0.29) is 0 Å². The van der Waals surface area contributed by atoms with Gasteiger partial charge in [0.15, 0.2) is 6.20 Å². The predicted molar refractivity (Wildman–Crippen MR) is 90.7 cm³/mol. The van der Waals surface area contributed by atoms with Crippen LogP contribution in [0.5, 0.6) is 0 Å². The Morgan fingerprint density at radius 3 is 2.52 bits per heavy atom. The van der Waals surface area contributed by atoms with E-state index in [0.717, 1.165) is 0 Å². The van der Waals surface area contributed by atoms with Gasteiger partial charge in [0.1, 0.15) is 7.05 Å². The van der Waals surface area contributed by atoms with E-state index in [1.165, 1.54) is 37.0 Å². The first kappa shape index (κ1) is 12.5. The molecule has 2 heterocycles. The fourth-order valence-electron chi connectivity index (χ4n) is 3.07. The van der Waals surface area contributed by atoms with Crippen LogP contribution in [0.3, 0.4) is 0 Å². The lowest BCUT2D eigenvalue weighted by molar-refractivity contribution is -0.660. The molecule has 4 rings (SSSR count). The molecule has 0 bridgehead atoms. The van der Waals surface area contributed by atoms with Crippen LogP contribution >= 0.6 is 11.3 Å². The normalized spacial score (nSPS) is 11.3. The van der Waals surface area contributed by atoms with Crippen LogP contribution < -0.4 is 4.57 Å². The largest absolute Gasteiger partial charge is 0.212 e. The van der Waals surface area contributed by atoms with Crippen LogP contribution in [0.1, 0.15) is 5.56 Å². The maximum Gasteiger partial charge on any atom is 0.212 e. The number of fused-ring (bicyclic) bond motifs is 3. The standard InChI is InChI=1S/C19H16NS/c1-13-14(16-8-5-6-12-20(16)2)10-11-18-19(13)15-7-3-4-9-17(15)21-18/h3-12H,1-2H3/q+1. The second kappa shape index (κ2) is 4.68. The van der Waals surface area contributed by atoms with Gasteiger partial charge in [-0.2, -0.15) is 0 Å². The SMILES string of the molecule is Cc1c(-c2cccc[n+]2C)ccc2sc3ccccc3c12. The first-order chi connectivity index (χ1) is 10.3. The van der Waals surface area contributed by atoms with Crippen LogP contribution in [0.25, 0.3) is 31.4 Å². The van der Waals surface area contributed by atoms with Gasteiger partial charge in [-0.15, -0.1) is 11.3 Å². The molecule has 21 heavy (non-hydrogen) atoms. The number of hydrogen-bond acceptors (Lipinski definition) is 1. The van der Waals surface area contributed by atoms with Crippen molar-refractivity contribution < 1.29 is 4.57 Å². The van der Waals surface area contributed by atoms with Crippen molar-refractivity contribution in [2.75, 3.05) is 0 Å². The monoisotopic (exact) mass is 290 g/mol. The van der Waals surface area contributed by atoms with Gasteiger partial charge in [0.05, 0.1) is 0 Å². The molecule has 4 aromatic rings. The van der Waals surface area contributed by atoms with E-state index in [2.05, 4.69) is 79.3 Å². The van der Waals surface area contributed by atoms with Crippen LogP contribution in [0.4, 0.5) is 0 Å². The Morgan fingerprint density at radius 1 is 0.857 bits per heavy atom. The summed E-state index contributed by atoms with van der Waals surface area (Å²) >= 11 is 1.88. The molecular weight excluding hydrogens is 274 g/mol. The number of hydrogen-bond donors (Lipinski definition) is 0. The van der Waals surface area contributed by atoms with Crippen LogP contribution in [0.15, 0.2) is 60.8 Å². The number of nitrogens with zero attached hydrogens (tertiary/aromatic N) is 1. The van der Waals surface area contributed by atoms with E-state index in [1.807, 2.05) is 11.3 Å². The molecule has 0 aliphatic heterocycles. The first-order valence-corrected chi connectivity index (χ1v) is 7.93. The maximum absolute atomic E-state index is 2.26. The number of aryl methyl sites for hydroxylation is 2. The smallest absolute Gasteiger partial charge is 0.201 e. The summed E-state index contributed by atoms with van der Waals surface area (Å²) in [5.74, 6) is 0. The molecule has 0 aliphatic carbocycles. The molecule has 0 atom stereocenters. The molecule has 2 heteroatoms. The van der Waals surface area contributed by atoms with E-state index >= 15 is 0 Å².